The maximum Gasteiger partial charge on any atom is 0.236 e. The Morgan fingerprint density at radius 1 is 1.50 bits per heavy atom. The van der Waals surface area contributed by atoms with Gasteiger partial charge in [0.25, 0.3) is 0 Å². The summed E-state index contributed by atoms with van der Waals surface area (Å²) in [7, 11) is -3.46. The molecular formula is C10H8ClNO3S. The van der Waals surface area contributed by atoms with Crippen molar-refractivity contribution < 1.29 is 13.2 Å². The maximum absolute atomic E-state index is 11.4. The van der Waals surface area contributed by atoms with Gasteiger partial charge in [0.15, 0.2) is 9.84 Å². The van der Waals surface area contributed by atoms with Crippen LogP contribution in [0.5, 0.6) is 0 Å². The number of benzene rings is 1. The van der Waals surface area contributed by atoms with Gasteiger partial charge >= 0.3 is 0 Å². The van der Waals surface area contributed by atoms with Crippen molar-refractivity contribution >= 4 is 27.2 Å². The average molecular weight is 258 g/mol. The maximum atomic E-state index is 11.4. The minimum atomic E-state index is -3.46. The van der Waals surface area contributed by atoms with E-state index in [1.54, 1.807) is 0 Å². The molecule has 84 valence electrons. The van der Waals surface area contributed by atoms with Gasteiger partial charge in [-0.3, -0.25) is 4.79 Å². The Balaban J connectivity index is 3.31. The Kier molecular flexibility index (Phi) is 3.68. The molecule has 4 nitrogen and oxygen atoms in total. The van der Waals surface area contributed by atoms with E-state index >= 15 is 0 Å². The molecule has 0 atom stereocenters. The highest BCUT2D eigenvalue weighted by atomic mass is 35.5. The molecule has 0 aliphatic rings. The summed E-state index contributed by atoms with van der Waals surface area (Å²) in [4.78, 5) is 10.9. The monoisotopic (exact) mass is 257 g/mol. The summed E-state index contributed by atoms with van der Waals surface area (Å²) in [5.74, 6) is -0.688. The molecule has 0 unspecified atom stereocenters. The van der Waals surface area contributed by atoms with Crippen molar-refractivity contribution in [1.82, 2.24) is 0 Å². The Morgan fingerprint density at radius 3 is 2.62 bits per heavy atom. The molecule has 0 radical (unpaired) electrons. The van der Waals surface area contributed by atoms with Crippen molar-refractivity contribution in [2.45, 2.75) is 11.3 Å². The number of nitrogens with zero attached hydrogens (tertiary/aromatic N) is 1. The van der Waals surface area contributed by atoms with Crippen LogP contribution in [0.1, 0.15) is 5.56 Å². The molecule has 0 saturated carbocycles. The topological polar surface area (TPSA) is 75.0 Å². The third-order valence-corrected chi connectivity index (χ3v) is 3.32. The number of carbonyl (C=O) groups is 1. The number of ketones is 1. The average Bonchev–Trinajstić information content (AvgIpc) is 2.19. The van der Waals surface area contributed by atoms with Gasteiger partial charge in [-0.05, 0) is 17.7 Å². The second kappa shape index (κ2) is 4.64. The van der Waals surface area contributed by atoms with E-state index < -0.39 is 15.6 Å². The van der Waals surface area contributed by atoms with E-state index in [0.717, 1.165) is 6.26 Å². The minimum Gasteiger partial charge on any atom is -0.282 e. The molecule has 0 aromatic heterocycles. The first-order valence-electron chi connectivity index (χ1n) is 4.26. The molecule has 0 bridgehead atoms. The summed E-state index contributed by atoms with van der Waals surface area (Å²) in [6, 6.07) is 5.64. The van der Waals surface area contributed by atoms with Crippen LogP contribution < -0.4 is 0 Å². The molecule has 0 amide bonds. The van der Waals surface area contributed by atoms with E-state index in [2.05, 4.69) is 0 Å². The third kappa shape index (κ3) is 3.05. The largest absolute Gasteiger partial charge is 0.282 e. The first kappa shape index (κ1) is 12.7. The van der Waals surface area contributed by atoms with Crippen LogP contribution in [0, 0.1) is 11.3 Å². The van der Waals surface area contributed by atoms with Gasteiger partial charge in [0, 0.05) is 17.7 Å². The lowest BCUT2D eigenvalue weighted by atomic mass is 10.1. The van der Waals surface area contributed by atoms with E-state index in [1.165, 1.54) is 24.3 Å². The highest BCUT2D eigenvalue weighted by Gasteiger charge is 2.15. The van der Waals surface area contributed by atoms with Crippen LogP contribution in [0.25, 0.3) is 0 Å². The second-order valence-corrected chi connectivity index (χ2v) is 5.66. The molecule has 1 rings (SSSR count). The summed E-state index contributed by atoms with van der Waals surface area (Å²) in [5.41, 5.74) is 0.290. The zero-order valence-electron chi connectivity index (χ0n) is 8.40. The lowest BCUT2D eigenvalue weighted by Gasteiger charge is -2.05. The van der Waals surface area contributed by atoms with E-state index in [4.69, 9.17) is 16.9 Å². The van der Waals surface area contributed by atoms with Crippen LogP contribution in [0.3, 0.4) is 0 Å². The van der Waals surface area contributed by atoms with Crippen LogP contribution in [-0.4, -0.2) is 20.5 Å². The molecule has 1 aromatic carbocycles. The first-order valence-corrected chi connectivity index (χ1v) is 6.53. The van der Waals surface area contributed by atoms with Gasteiger partial charge in [0.05, 0.1) is 4.90 Å². The number of hydrogen-bond donors (Lipinski definition) is 0. The SMILES string of the molecule is CS(=O)(=O)c1cc(Cl)ccc1CC(=O)C#N. The number of Topliss-reactive ketones (excluding diaryl/α,β-unsaturated/α-hetero) is 1. The number of rotatable bonds is 3. The number of nitriles is 1. The Labute approximate surface area is 98.4 Å². The van der Waals surface area contributed by atoms with Gasteiger partial charge in [0.1, 0.15) is 6.07 Å². The lowest BCUT2D eigenvalue weighted by molar-refractivity contribution is -0.113. The number of carbonyl (C=O) groups excluding carboxylic acids is 1. The fraction of sp³-hybridized carbons (Fsp3) is 0.200. The molecule has 0 N–H and O–H groups in total. The summed E-state index contributed by atoms with van der Waals surface area (Å²) >= 11 is 5.68. The predicted octanol–water partition coefficient (Wildman–Crippen LogP) is 1.38. The van der Waals surface area contributed by atoms with Gasteiger partial charge in [0.2, 0.25) is 5.78 Å². The smallest absolute Gasteiger partial charge is 0.236 e. The molecule has 6 heteroatoms. The van der Waals surface area contributed by atoms with Gasteiger partial charge in [-0.1, -0.05) is 17.7 Å². The Hall–Kier alpha value is -1.38. The number of hydrogen-bond acceptors (Lipinski definition) is 4. The molecule has 0 heterocycles. The van der Waals surface area contributed by atoms with E-state index in [0.29, 0.717) is 5.56 Å². The van der Waals surface area contributed by atoms with Crippen LogP contribution in [0.2, 0.25) is 5.02 Å². The van der Waals surface area contributed by atoms with Crippen molar-refractivity contribution in [3.63, 3.8) is 0 Å². The predicted molar refractivity (Wildman–Crippen MR) is 58.9 cm³/mol. The highest BCUT2D eigenvalue weighted by Crippen LogP contribution is 2.21. The molecule has 0 fully saturated rings. The molecule has 0 aliphatic heterocycles. The lowest BCUT2D eigenvalue weighted by Crippen LogP contribution is -2.06. The summed E-state index contributed by atoms with van der Waals surface area (Å²) in [6.07, 6.45) is 0.801. The summed E-state index contributed by atoms with van der Waals surface area (Å²) in [6.45, 7) is 0. The van der Waals surface area contributed by atoms with Crippen molar-refractivity contribution in [2.75, 3.05) is 6.26 Å². The van der Waals surface area contributed by atoms with Crippen LogP contribution in [0.15, 0.2) is 23.1 Å². The Bertz CT molecular complexity index is 572. The third-order valence-electron chi connectivity index (χ3n) is 1.90. The van der Waals surface area contributed by atoms with Crippen LogP contribution >= 0.6 is 11.6 Å². The second-order valence-electron chi connectivity index (χ2n) is 3.24. The van der Waals surface area contributed by atoms with Crippen molar-refractivity contribution in [2.24, 2.45) is 0 Å². The van der Waals surface area contributed by atoms with Gasteiger partial charge < -0.3 is 0 Å². The normalized spacial score (nSPS) is 10.8. The van der Waals surface area contributed by atoms with Crippen molar-refractivity contribution in [1.29, 1.82) is 5.26 Å². The molecule has 0 spiro atoms. The zero-order valence-corrected chi connectivity index (χ0v) is 9.97. The highest BCUT2D eigenvalue weighted by molar-refractivity contribution is 7.90. The quantitative estimate of drug-likeness (QED) is 0.767. The number of halogens is 1. The number of sulfone groups is 1. The fourth-order valence-electron chi connectivity index (χ4n) is 1.23. The molecule has 16 heavy (non-hydrogen) atoms. The fourth-order valence-corrected chi connectivity index (χ4v) is 2.43. The van der Waals surface area contributed by atoms with Crippen LogP contribution in [-0.2, 0) is 21.1 Å². The summed E-state index contributed by atoms with van der Waals surface area (Å²) in [5, 5.41) is 8.64. The van der Waals surface area contributed by atoms with Crippen molar-refractivity contribution in [3.05, 3.63) is 28.8 Å². The van der Waals surface area contributed by atoms with Gasteiger partial charge in [-0.2, -0.15) is 5.26 Å². The van der Waals surface area contributed by atoms with Crippen molar-refractivity contribution in [3.8, 4) is 6.07 Å². The van der Waals surface area contributed by atoms with E-state index in [9.17, 15) is 13.2 Å². The molecule has 0 aliphatic carbocycles. The molecular weight excluding hydrogens is 250 g/mol. The van der Waals surface area contributed by atoms with E-state index in [-0.39, 0.29) is 16.3 Å². The van der Waals surface area contributed by atoms with Crippen LogP contribution in [0.4, 0.5) is 0 Å². The zero-order chi connectivity index (χ0) is 12.3. The first-order chi connectivity index (χ1) is 7.34. The van der Waals surface area contributed by atoms with Gasteiger partial charge in [-0.25, -0.2) is 8.42 Å². The minimum absolute atomic E-state index is 0.0106. The molecule has 1 aromatic rings. The van der Waals surface area contributed by atoms with E-state index in [1.807, 2.05) is 0 Å². The Morgan fingerprint density at radius 2 is 2.12 bits per heavy atom. The molecule has 0 saturated heterocycles. The standard InChI is InChI=1S/C10H8ClNO3S/c1-16(14,15)10-5-8(11)3-2-7(10)4-9(13)6-12/h2-3,5H,4H2,1H3. The summed E-state index contributed by atoms with van der Waals surface area (Å²) < 4.78 is 22.8. The van der Waals surface area contributed by atoms with Gasteiger partial charge in [-0.15, -0.1) is 0 Å².